The number of para-hydroxylation sites is 3. The first-order valence-corrected chi connectivity index (χ1v) is 13.4. The van der Waals surface area contributed by atoms with Crippen LogP contribution in [0, 0.1) is 13.8 Å². The van der Waals surface area contributed by atoms with Gasteiger partial charge in [-0.2, -0.15) is 0 Å². The van der Waals surface area contributed by atoms with Crippen LogP contribution in [-0.4, -0.2) is 66.1 Å². The van der Waals surface area contributed by atoms with Crippen molar-refractivity contribution in [3.05, 3.63) is 69.7 Å². The van der Waals surface area contributed by atoms with E-state index < -0.39 is 0 Å². The highest BCUT2D eigenvalue weighted by molar-refractivity contribution is 7.09. The number of piperazine rings is 1. The smallest absolute Gasteiger partial charge is 0.322 e. The van der Waals surface area contributed by atoms with Gasteiger partial charge < -0.3 is 24.8 Å². The van der Waals surface area contributed by atoms with Gasteiger partial charge in [-0.05, 0) is 51.0 Å². The Balaban J connectivity index is 1.38. The number of amides is 3. The lowest BCUT2D eigenvalue weighted by Crippen LogP contribution is -2.49. The number of benzene rings is 2. The summed E-state index contributed by atoms with van der Waals surface area (Å²) in [6, 6.07) is 13.7. The van der Waals surface area contributed by atoms with Crippen molar-refractivity contribution in [1.29, 1.82) is 0 Å². The first-order chi connectivity index (χ1) is 17.8. The summed E-state index contributed by atoms with van der Waals surface area (Å²) in [5.74, 6) is 0.765. The van der Waals surface area contributed by atoms with Gasteiger partial charge in [0.25, 0.3) is 5.91 Å². The highest BCUT2D eigenvalue weighted by Gasteiger charge is 2.26. The number of aryl methyl sites for hydroxylation is 2. The molecular formula is C28H35N5O3S. The van der Waals surface area contributed by atoms with Gasteiger partial charge in [0.1, 0.15) is 16.5 Å². The van der Waals surface area contributed by atoms with E-state index in [0.29, 0.717) is 25.3 Å². The zero-order chi connectivity index (χ0) is 26.5. The molecule has 3 aromatic rings. The van der Waals surface area contributed by atoms with Gasteiger partial charge in [0, 0.05) is 43.3 Å². The number of urea groups is 1. The molecule has 1 aliphatic rings. The zero-order valence-electron chi connectivity index (χ0n) is 22.2. The van der Waals surface area contributed by atoms with Gasteiger partial charge in [-0.25, -0.2) is 9.78 Å². The minimum Gasteiger partial charge on any atom is -0.495 e. The van der Waals surface area contributed by atoms with Crippen LogP contribution in [0.25, 0.3) is 0 Å². The molecule has 0 saturated carbocycles. The van der Waals surface area contributed by atoms with Crippen molar-refractivity contribution in [3.8, 4) is 5.75 Å². The maximum absolute atomic E-state index is 13.2. The molecule has 1 saturated heterocycles. The summed E-state index contributed by atoms with van der Waals surface area (Å²) in [6.07, 6.45) is 0. The molecular weight excluding hydrogens is 486 g/mol. The number of anilines is 2. The topological polar surface area (TPSA) is 78.0 Å². The highest BCUT2D eigenvalue weighted by Crippen LogP contribution is 2.29. The van der Waals surface area contributed by atoms with Crippen LogP contribution in [0.1, 0.15) is 40.5 Å². The monoisotopic (exact) mass is 521 g/mol. The van der Waals surface area contributed by atoms with E-state index in [1.807, 2.05) is 75.1 Å². The lowest BCUT2D eigenvalue weighted by atomic mass is 10.1. The van der Waals surface area contributed by atoms with Gasteiger partial charge in [-0.1, -0.05) is 30.3 Å². The summed E-state index contributed by atoms with van der Waals surface area (Å²) in [7, 11) is 1.67. The summed E-state index contributed by atoms with van der Waals surface area (Å²) in [5, 5.41) is 5.60. The molecule has 3 amide bonds. The van der Waals surface area contributed by atoms with Crippen molar-refractivity contribution in [3.63, 3.8) is 0 Å². The first-order valence-electron chi connectivity index (χ1n) is 12.5. The van der Waals surface area contributed by atoms with Crippen LogP contribution >= 0.6 is 11.3 Å². The largest absolute Gasteiger partial charge is 0.495 e. The van der Waals surface area contributed by atoms with Crippen LogP contribution in [0.4, 0.5) is 16.2 Å². The number of rotatable bonds is 7. The molecule has 1 fully saturated rings. The van der Waals surface area contributed by atoms with E-state index in [9.17, 15) is 9.59 Å². The molecule has 0 bridgehead atoms. The minimum absolute atomic E-state index is 0.0320. The van der Waals surface area contributed by atoms with E-state index in [1.165, 1.54) is 11.3 Å². The maximum Gasteiger partial charge on any atom is 0.322 e. The molecule has 2 heterocycles. The van der Waals surface area contributed by atoms with E-state index in [-0.39, 0.29) is 18.0 Å². The Labute approximate surface area is 222 Å². The number of nitrogens with one attached hydrogen (secondary N) is 1. The standard InChI is InChI=1S/C28H35N5O3S/c1-19(2)33(28(35)30-26-20(3)9-8-10-21(26)4)17-25-29-22(18-37-25)27(34)32-15-13-31(14-16-32)23-11-6-7-12-24(23)36-5/h6-12,18-19H,13-17H2,1-5H3,(H,30,35). The van der Waals surface area contributed by atoms with Gasteiger partial charge in [-0.15, -0.1) is 11.3 Å². The second-order valence-corrected chi connectivity index (χ2v) is 10.4. The Kier molecular flexibility index (Phi) is 8.33. The molecule has 0 aliphatic carbocycles. The fourth-order valence-electron chi connectivity index (χ4n) is 4.51. The number of ether oxygens (including phenoxy) is 1. The molecule has 1 N–H and O–H groups in total. The summed E-state index contributed by atoms with van der Waals surface area (Å²) < 4.78 is 5.49. The van der Waals surface area contributed by atoms with Gasteiger partial charge in [-0.3, -0.25) is 4.79 Å². The predicted octanol–water partition coefficient (Wildman–Crippen LogP) is 5.17. The number of thiazole rings is 1. The van der Waals surface area contributed by atoms with E-state index in [4.69, 9.17) is 4.74 Å². The molecule has 0 spiro atoms. The van der Waals surface area contributed by atoms with Crippen molar-refractivity contribution in [2.45, 2.75) is 40.3 Å². The number of methoxy groups -OCH3 is 1. The summed E-state index contributed by atoms with van der Waals surface area (Å²) in [5.41, 5.74) is 4.35. The van der Waals surface area contributed by atoms with Crippen LogP contribution < -0.4 is 15.0 Å². The molecule has 0 radical (unpaired) electrons. The second kappa shape index (κ2) is 11.6. The zero-order valence-corrected chi connectivity index (χ0v) is 23.0. The van der Waals surface area contributed by atoms with Gasteiger partial charge in [0.15, 0.2) is 0 Å². The Bertz CT molecular complexity index is 1230. The number of nitrogens with zero attached hydrogens (tertiary/aromatic N) is 4. The third kappa shape index (κ3) is 6.05. The van der Waals surface area contributed by atoms with Crippen LogP contribution in [0.3, 0.4) is 0 Å². The van der Waals surface area contributed by atoms with E-state index in [0.717, 1.165) is 46.3 Å². The Morgan fingerprint density at radius 3 is 2.38 bits per heavy atom. The van der Waals surface area contributed by atoms with Crippen LogP contribution in [-0.2, 0) is 6.54 Å². The molecule has 0 unspecified atom stereocenters. The number of carbonyl (C=O) groups is 2. The first kappa shape index (κ1) is 26.5. The lowest BCUT2D eigenvalue weighted by Gasteiger charge is -2.36. The third-order valence-electron chi connectivity index (χ3n) is 6.67. The molecule has 9 heteroatoms. The average molecular weight is 522 g/mol. The van der Waals surface area contributed by atoms with Crippen molar-refractivity contribution < 1.29 is 14.3 Å². The number of carbonyl (C=O) groups excluding carboxylic acids is 2. The lowest BCUT2D eigenvalue weighted by molar-refractivity contribution is 0.0741. The van der Waals surface area contributed by atoms with Crippen molar-refractivity contribution >= 4 is 34.6 Å². The highest BCUT2D eigenvalue weighted by atomic mass is 32.1. The molecule has 196 valence electrons. The predicted molar refractivity (Wildman–Crippen MR) is 149 cm³/mol. The summed E-state index contributed by atoms with van der Waals surface area (Å²) >= 11 is 1.41. The number of aromatic nitrogens is 1. The molecule has 2 aromatic carbocycles. The molecule has 37 heavy (non-hydrogen) atoms. The van der Waals surface area contributed by atoms with Crippen LogP contribution in [0.2, 0.25) is 0 Å². The van der Waals surface area contributed by atoms with E-state index in [1.54, 1.807) is 17.4 Å². The normalized spacial score (nSPS) is 13.6. The molecule has 0 atom stereocenters. The van der Waals surface area contributed by atoms with Crippen LogP contribution in [0.15, 0.2) is 47.8 Å². The second-order valence-electron chi connectivity index (χ2n) is 9.50. The molecule has 8 nitrogen and oxygen atoms in total. The quantitative estimate of drug-likeness (QED) is 0.464. The minimum atomic E-state index is -0.178. The van der Waals surface area contributed by atoms with Gasteiger partial charge in [0.2, 0.25) is 0 Å². The fourth-order valence-corrected chi connectivity index (χ4v) is 5.28. The van der Waals surface area contributed by atoms with Crippen molar-refractivity contribution in [2.24, 2.45) is 0 Å². The average Bonchev–Trinajstić information content (AvgIpc) is 3.37. The van der Waals surface area contributed by atoms with E-state index >= 15 is 0 Å². The van der Waals surface area contributed by atoms with Crippen LogP contribution in [0.5, 0.6) is 5.75 Å². The fraction of sp³-hybridized carbons (Fsp3) is 0.393. The van der Waals surface area contributed by atoms with Crippen molar-refractivity contribution in [1.82, 2.24) is 14.8 Å². The Morgan fingerprint density at radius 2 is 1.73 bits per heavy atom. The molecule has 1 aliphatic heterocycles. The third-order valence-corrected chi connectivity index (χ3v) is 7.50. The number of hydrogen-bond acceptors (Lipinski definition) is 6. The summed E-state index contributed by atoms with van der Waals surface area (Å²) in [4.78, 5) is 36.8. The summed E-state index contributed by atoms with van der Waals surface area (Å²) in [6.45, 7) is 10.9. The van der Waals surface area contributed by atoms with Crippen molar-refractivity contribution in [2.75, 3.05) is 43.5 Å². The van der Waals surface area contributed by atoms with Gasteiger partial charge in [0.05, 0.1) is 19.3 Å². The Morgan fingerprint density at radius 1 is 1.05 bits per heavy atom. The Hall–Kier alpha value is -3.59. The molecule has 1 aromatic heterocycles. The SMILES string of the molecule is COc1ccccc1N1CCN(C(=O)c2csc(CN(C(=O)Nc3c(C)cccc3C)C(C)C)n2)CC1. The molecule has 4 rings (SSSR count). The van der Waals surface area contributed by atoms with E-state index in [2.05, 4.69) is 15.2 Å². The number of hydrogen-bond donors (Lipinski definition) is 1. The maximum atomic E-state index is 13.2. The van der Waals surface area contributed by atoms with Gasteiger partial charge >= 0.3 is 6.03 Å².